The van der Waals surface area contributed by atoms with E-state index in [4.69, 9.17) is 11.6 Å². The zero-order valence-corrected chi connectivity index (χ0v) is 10.0. The summed E-state index contributed by atoms with van der Waals surface area (Å²) in [5.41, 5.74) is -0.165. The highest BCUT2D eigenvalue weighted by Crippen LogP contribution is 2.20. The maximum Gasteiger partial charge on any atom is 0.341 e. The summed E-state index contributed by atoms with van der Waals surface area (Å²) in [6, 6.07) is 4.30. The molecule has 0 radical (unpaired) electrons. The molecule has 0 spiro atoms. The molecular weight excluding hydrogens is 247 g/mol. The first-order valence-electron chi connectivity index (χ1n) is 4.72. The van der Waals surface area contributed by atoms with Crippen LogP contribution < -0.4 is 0 Å². The van der Waals surface area contributed by atoms with Gasteiger partial charge in [0.2, 0.25) is 0 Å². The molecule has 0 aromatic heterocycles. The van der Waals surface area contributed by atoms with Crippen LogP contribution in [0.15, 0.2) is 23.8 Å². The van der Waals surface area contributed by atoms with Crippen LogP contribution in [-0.2, 0) is 14.3 Å². The fourth-order valence-electron chi connectivity index (χ4n) is 1.20. The van der Waals surface area contributed by atoms with Crippen LogP contribution in [-0.4, -0.2) is 18.9 Å². The number of benzene rings is 1. The molecule has 17 heavy (non-hydrogen) atoms. The molecule has 0 aliphatic heterocycles. The molecule has 0 fully saturated rings. The molecule has 0 aliphatic rings. The van der Waals surface area contributed by atoms with Crippen LogP contribution in [0.3, 0.4) is 0 Å². The maximum atomic E-state index is 13.6. The predicted octanol–water partition coefficient (Wildman–Crippen LogP) is 2.62. The Bertz CT molecular complexity index is 495. The molecule has 0 bridgehead atoms. The van der Waals surface area contributed by atoms with Crippen LogP contribution in [0.5, 0.6) is 0 Å². The highest BCUT2D eigenvalue weighted by molar-refractivity contribution is 6.31. The lowest BCUT2D eigenvalue weighted by Gasteiger charge is -2.03. The van der Waals surface area contributed by atoms with Crippen molar-refractivity contribution in [1.29, 1.82) is 0 Å². The summed E-state index contributed by atoms with van der Waals surface area (Å²) >= 11 is 5.58. The number of hydrogen-bond acceptors (Lipinski definition) is 3. The fraction of sp³-hybridized carbons (Fsp3) is 0.167. The summed E-state index contributed by atoms with van der Waals surface area (Å²) in [5.74, 6) is -2.00. The van der Waals surface area contributed by atoms with Gasteiger partial charge in [-0.25, -0.2) is 9.18 Å². The molecule has 1 aromatic carbocycles. The van der Waals surface area contributed by atoms with E-state index in [-0.39, 0.29) is 16.2 Å². The standard InChI is InChI=1S/C12H10ClFO3/c1-7(15)9(12(16)17-2)6-8-4-3-5-10(13)11(8)14/h3-6H,1-2H3. The van der Waals surface area contributed by atoms with Crippen molar-refractivity contribution in [2.75, 3.05) is 7.11 Å². The molecule has 0 saturated heterocycles. The third-order valence-corrected chi connectivity index (χ3v) is 2.36. The Labute approximate surface area is 103 Å². The molecule has 5 heteroatoms. The zero-order valence-electron chi connectivity index (χ0n) is 9.29. The molecule has 0 unspecified atom stereocenters. The van der Waals surface area contributed by atoms with Gasteiger partial charge in [-0.05, 0) is 19.1 Å². The van der Waals surface area contributed by atoms with Gasteiger partial charge in [0, 0.05) is 5.56 Å². The summed E-state index contributed by atoms with van der Waals surface area (Å²) in [4.78, 5) is 22.5. The van der Waals surface area contributed by atoms with Crippen molar-refractivity contribution in [2.45, 2.75) is 6.92 Å². The minimum atomic E-state index is -0.808. The van der Waals surface area contributed by atoms with Gasteiger partial charge in [0.1, 0.15) is 11.4 Å². The summed E-state index contributed by atoms with van der Waals surface area (Å²) < 4.78 is 18.0. The lowest BCUT2D eigenvalue weighted by atomic mass is 10.1. The van der Waals surface area contributed by atoms with E-state index >= 15 is 0 Å². The summed E-state index contributed by atoms with van der Waals surface area (Å²) in [7, 11) is 1.15. The van der Waals surface area contributed by atoms with E-state index in [0.29, 0.717) is 0 Å². The van der Waals surface area contributed by atoms with Crippen LogP contribution in [0.2, 0.25) is 5.02 Å². The van der Waals surface area contributed by atoms with Gasteiger partial charge in [0.05, 0.1) is 12.1 Å². The first-order chi connectivity index (χ1) is 7.97. The van der Waals surface area contributed by atoms with Crippen molar-refractivity contribution >= 4 is 29.4 Å². The topological polar surface area (TPSA) is 43.4 Å². The van der Waals surface area contributed by atoms with E-state index in [2.05, 4.69) is 4.74 Å². The first kappa shape index (κ1) is 13.4. The number of rotatable bonds is 3. The number of halogens is 2. The van der Waals surface area contributed by atoms with E-state index in [1.54, 1.807) is 0 Å². The van der Waals surface area contributed by atoms with Gasteiger partial charge in [0.25, 0.3) is 0 Å². The smallest absolute Gasteiger partial charge is 0.341 e. The van der Waals surface area contributed by atoms with E-state index < -0.39 is 17.6 Å². The normalized spacial score (nSPS) is 11.2. The zero-order chi connectivity index (χ0) is 13.0. The predicted molar refractivity (Wildman–Crippen MR) is 62.1 cm³/mol. The van der Waals surface area contributed by atoms with Crippen molar-refractivity contribution in [3.05, 3.63) is 40.2 Å². The number of esters is 1. The van der Waals surface area contributed by atoms with Gasteiger partial charge in [-0.2, -0.15) is 0 Å². The fourth-order valence-corrected chi connectivity index (χ4v) is 1.38. The van der Waals surface area contributed by atoms with E-state index in [1.165, 1.54) is 25.1 Å². The molecule has 0 N–H and O–H groups in total. The molecule has 1 aromatic rings. The van der Waals surface area contributed by atoms with Gasteiger partial charge >= 0.3 is 5.97 Å². The number of Topliss-reactive ketones (excluding diaryl/α,β-unsaturated/α-hetero) is 1. The number of carbonyl (C=O) groups is 2. The molecule has 90 valence electrons. The minimum absolute atomic E-state index is 0.0631. The molecule has 0 atom stereocenters. The average Bonchev–Trinajstić information content (AvgIpc) is 2.29. The van der Waals surface area contributed by atoms with Crippen molar-refractivity contribution in [1.82, 2.24) is 0 Å². The third-order valence-electron chi connectivity index (χ3n) is 2.07. The second-order valence-corrected chi connectivity index (χ2v) is 3.66. The van der Waals surface area contributed by atoms with Crippen LogP contribution in [0, 0.1) is 5.82 Å². The SMILES string of the molecule is COC(=O)C(=Cc1cccc(Cl)c1F)C(C)=O. The van der Waals surface area contributed by atoms with Crippen molar-refractivity contribution in [3.63, 3.8) is 0 Å². The minimum Gasteiger partial charge on any atom is -0.465 e. The summed E-state index contributed by atoms with van der Waals surface area (Å²) in [6.45, 7) is 1.20. The molecule has 1 rings (SSSR count). The van der Waals surface area contributed by atoms with Gasteiger partial charge in [-0.15, -0.1) is 0 Å². The average molecular weight is 257 g/mol. The number of hydrogen-bond donors (Lipinski definition) is 0. The number of ether oxygens (including phenoxy) is 1. The van der Waals surface area contributed by atoms with E-state index in [0.717, 1.165) is 13.2 Å². The van der Waals surface area contributed by atoms with Crippen LogP contribution in [0.4, 0.5) is 4.39 Å². The molecule has 0 saturated carbocycles. The second kappa shape index (κ2) is 5.59. The highest BCUT2D eigenvalue weighted by atomic mass is 35.5. The van der Waals surface area contributed by atoms with E-state index in [1.807, 2.05) is 0 Å². The lowest BCUT2D eigenvalue weighted by molar-refractivity contribution is -0.137. The Hall–Kier alpha value is -1.68. The Kier molecular flexibility index (Phi) is 4.40. The van der Waals surface area contributed by atoms with Gasteiger partial charge in [0.15, 0.2) is 5.78 Å². The van der Waals surface area contributed by atoms with Gasteiger partial charge < -0.3 is 4.74 Å². The van der Waals surface area contributed by atoms with E-state index in [9.17, 15) is 14.0 Å². The number of methoxy groups -OCH3 is 1. The maximum absolute atomic E-state index is 13.6. The Morgan fingerprint density at radius 3 is 2.59 bits per heavy atom. The summed E-state index contributed by atoms with van der Waals surface area (Å²) in [6.07, 6.45) is 1.12. The molecule has 0 heterocycles. The van der Waals surface area contributed by atoms with Crippen molar-refractivity contribution in [2.24, 2.45) is 0 Å². The quantitative estimate of drug-likeness (QED) is 0.361. The Balaban J connectivity index is 3.27. The van der Waals surface area contributed by atoms with Crippen LogP contribution in [0.1, 0.15) is 12.5 Å². The van der Waals surface area contributed by atoms with Crippen LogP contribution in [0.25, 0.3) is 6.08 Å². The van der Waals surface area contributed by atoms with Crippen molar-refractivity contribution in [3.8, 4) is 0 Å². The monoisotopic (exact) mass is 256 g/mol. The van der Waals surface area contributed by atoms with Crippen LogP contribution >= 0.6 is 11.6 Å². The number of carbonyl (C=O) groups excluding carboxylic acids is 2. The summed E-state index contributed by atoms with van der Waals surface area (Å²) in [5, 5.41) is -0.0773. The molecule has 3 nitrogen and oxygen atoms in total. The van der Waals surface area contributed by atoms with Gasteiger partial charge in [-0.1, -0.05) is 23.7 Å². The van der Waals surface area contributed by atoms with Gasteiger partial charge in [-0.3, -0.25) is 4.79 Å². The molecule has 0 amide bonds. The molecular formula is C12H10ClFO3. The second-order valence-electron chi connectivity index (χ2n) is 3.25. The Morgan fingerprint density at radius 2 is 2.06 bits per heavy atom. The number of ketones is 1. The molecule has 0 aliphatic carbocycles. The largest absolute Gasteiger partial charge is 0.465 e. The third kappa shape index (κ3) is 3.14. The lowest BCUT2D eigenvalue weighted by Crippen LogP contribution is -2.11. The highest BCUT2D eigenvalue weighted by Gasteiger charge is 2.16. The first-order valence-corrected chi connectivity index (χ1v) is 5.10. The van der Waals surface area contributed by atoms with Crippen molar-refractivity contribution < 1.29 is 18.7 Å². The Morgan fingerprint density at radius 1 is 1.41 bits per heavy atom.